The van der Waals surface area contributed by atoms with Crippen LogP contribution in [0, 0.1) is 0 Å². The van der Waals surface area contributed by atoms with E-state index in [1.165, 1.54) is 0 Å². The Hall–Kier alpha value is -2.49. The molecule has 0 fully saturated rings. The summed E-state index contributed by atoms with van der Waals surface area (Å²) in [6.07, 6.45) is -1.17. The molecule has 0 aliphatic heterocycles. The quantitative estimate of drug-likeness (QED) is 0.569. The van der Waals surface area contributed by atoms with Crippen molar-refractivity contribution in [1.82, 2.24) is 4.72 Å². The van der Waals surface area contributed by atoms with Crippen LogP contribution in [0.4, 0.5) is 16.2 Å². The molecule has 104 valence electrons. The van der Waals surface area contributed by atoms with E-state index >= 15 is 0 Å². The van der Waals surface area contributed by atoms with E-state index < -0.39 is 22.3 Å². The average molecular weight is 289 g/mol. The summed E-state index contributed by atoms with van der Waals surface area (Å²) < 4.78 is 30.5. The number of carboxylic acids is 1. The number of methoxy groups -OCH3 is 1. The third kappa shape index (κ3) is 4.03. The van der Waals surface area contributed by atoms with Crippen molar-refractivity contribution in [3.05, 3.63) is 23.8 Å². The molecule has 0 aromatic heterocycles. The van der Waals surface area contributed by atoms with Gasteiger partial charge in [-0.25, -0.2) is 14.3 Å². The molecule has 0 heterocycles. The zero-order chi connectivity index (χ0) is 14.6. The Balaban J connectivity index is 2.94. The third-order valence-electron chi connectivity index (χ3n) is 1.95. The lowest BCUT2D eigenvalue weighted by molar-refractivity contribution is 0.0697. The summed E-state index contributed by atoms with van der Waals surface area (Å²) in [4.78, 5) is 21.5. The van der Waals surface area contributed by atoms with Gasteiger partial charge in [0, 0.05) is 0 Å². The zero-order valence-corrected chi connectivity index (χ0v) is 10.5. The lowest BCUT2D eigenvalue weighted by atomic mass is 10.2. The molecule has 0 saturated heterocycles. The van der Waals surface area contributed by atoms with Crippen LogP contribution in [-0.2, 0) is 14.9 Å². The highest BCUT2D eigenvalue weighted by atomic mass is 32.2. The van der Waals surface area contributed by atoms with E-state index in [0.29, 0.717) is 0 Å². The van der Waals surface area contributed by atoms with E-state index in [9.17, 15) is 18.0 Å². The fourth-order valence-electron chi connectivity index (χ4n) is 1.11. The number of nitrogens with two attached hydrogens (primary N) is 1. The van der Waals surface area contributed by atoms with E-state index in [0.717, 1.165) is 25.3 Å². The predicted molar refractivity (Wildman–Crippen MR) is 65.9 cm³/mol. The molecule has 1 aromatic carbocycles. The Morgan fingerprint density at radius 3 is 2.47 bits per heavy atom. The van der Waals surface area contributed by atoms with Crippen molar-refractivity contribution in [1.29, 1.82) is 0 Å². The van der Waals surface area contributed by atoms with Crippen molar-refractivity contribution in [2.75, 3.05) is 17.6 Å². The molecular weight excluding hydrogens is 278 g/mol. The highest BCUT2D eigenvalue weighted by Crippen LogP contribution is 2.20. The smallest absolute Gasteiger partial charge is 0.422 e. The summed E-state index contributed by atoms with van der Waals surface area (Å²) in [6, 6.07) is 3.41. The first kappa shape index (κ1) is 14.6. The van der Waals surface area contributed by atoms with Crippen molar-refractivity contribution >= 4 is 33.6 Å². The van der Waals surface area contributed by atoms with Crippen molar-refractivity contribution in [2.45, 2.75) is 0 Å². The van der Waals surface area contributed by atoms with Gasteiger partial charge < -0.3 is 15.6 Å². The molecule has 1 aromatic rings. The molecule has 5 N–H and O–H groups in total. The summed E-state index contributed by atoms with van der Waals surface area (Å²) in [5, 5.41) is 8.72. The Kier molecular flexibility index (Phi) is 4.17. The first-order valence-corrected chi connectivity index (χ1v) is 6.25. The van der Waals surface area contributed by atoms with Crippen molar-refractivity contribution in [3.8, 4) is 0 Å². The van der Waals surface area contributed by atoms with E-state index in [1.807, 2.05) is 4.72 Å². The van der Waals surface area contributed by atoms with E-state index in [-0.39, 0.29) is 16.9 Å². The number of rotatable bonds is 4. The lowest BCUT2D eigenvalue weighted by Crippen LogP contribution is -2.35. The molecule has 9 nitrogen and oxygen atoms in total. The zero-order valence-electron chi connectivity index (χ0n) is 9.71. The van der Waals surface area contributed by atoms with Crippen LogP contribution in [0.15, 0.2) is 18.2 Å². The lowest BCUT2D eigenvalue weighted by Gasteiger charge is -2.10. The highest BCUT2D eigenvalue weighted by molar-refractivity contribution is 7.91. The standard InChI is InChI=1S/C9H11N3O6S/c1-18-9(15)12-19(16,17)11-7-3-2-5(8(13)14)4-6(7)10/h2-4,11H,10H2,1H3,(H,12,15)(H,13,14). The van der Waals surface area contributed by atoms with Gasteiger partial charge in [0.15, 0.2) is 0 Å². The van der Waals surface area contributed by atoms with Gasteiger partial charge in [-0.05, 0) is 18.2 Å². The topological polar surface area (TPSA) is 148 Å². The summed E-state index contributed by atoms with van der Waals surface area (Å²) >= 11 is 0. The molecule has 1 rings (SSSR count). The van der Waals surface area contributed by atoms with E-state index in [4.69, 9.17) is 10.8 Å². The highest BCUT2D eigenvalue weighted by Gasteiger charge is 2.16. The molecule has 1 amide bonds. The number of hydrogen-bond donors (Lipinski definition) is 4. The fourth-order valence-corrected chi connectivity index (χ4v) is 1.94. The number of carbonyl (C=O) groups is 2. The van der Waals surface area contributed by atoms with Gasteiger partial charge in [0.05, 0.1) is 24.0 Å². The van der Waals surface area contributed by atoms with Gasteiger partial charge in [-0.3, -0.25) is 4.72 Å². The van der Waals surface area contributed by atoms with Crippen LogP contribution in [0.2, 0.25) is 0 Å². The Bertz CT molecular complexity index is 612. The van der Waals surface area contributed by atoms with Gasteiger partial charge in [-0.1, -0.05) is 0 Å². The Morgan fingerprint density at radius 2 is 2.00 bits per heavy atom. The van der Waals surface area contributed by atoms with Gasteiger partial charge in [0.1, 0.15) is 0 Å². The first-order valence-electron chi connectivity index (χ1n) is 4.76. The van der Waals surface area contributed by atoms with Gasteiger partial charge in [0.25, 0.3) is 0 Å². The number of ether oxygens (including phenoxy) is 1. The van der Waals surface area contributed by atoms with Gasteiger partial charge >= 0.3 is 22.3 Å². The summed E-state index contributed by atoms with van der Waals surface area (Å²) in [6.45, 7) is 0. The molecule has 0 unspecified atom stereocenters. The largest absolute Gasteiger partial charge is 0.478 e. The minimum atomic E-state index is -4.20. The summed E-state index contributed by atoms with van der Waals surface area (Å²) in [5.41, 5.74) is 5.23. The maximum Gasteiger partial charge on any atom is 0.422 e. The first-order chi connectivity index (χ1) is 8.75. The number of aromatic carboxylic acids is 1. The Labute approximate surface area is 108 Å². The molecule has 0 spiro atoms. The molecule has 10 heteroatoms. The number of hydrogen-bond acceptors (Lipinski definition) is 6. The fraction of sp³-hybridized carbons (Fsp3) is 0.111. The average Bonchev–Trinajstić information content (AvgIpc) is 2.30. The monoisotopic (exact) mass is 289 g/mol. The number of nitrogen functional groups attached to an aromatic ring is 1. The normalized spacial score (nSPS) is 10.6. The number of carboxylic acid groups (broad SMARTS) is 1. The van der Waals surface area contributed by atoms with Crippen LogP contribution in [0.25, 0.3) is 0 Å². The number of nitrogens with one attached hydrogen (secondary N) is 2. The van der Waals surface area contributed by atoms with Crippen LogP contribution in [0.5, 0.6) is 0 Å². The molecule has 0 aliphatic carbocycles. The van der Waals surface area contributed by atoms with Crippen molar-refractivity contribution < 1.29 is 27.9 Å². The van der Waals surface area contributed by atoms with E-state index in [1.54, 1.807) is 4.72 Å². The van der Waals surface area contributed by atoms with Crippen LogP contribution in [0.1, 0.15) is 10.4 Å². The number of carbonyl (C=O) groups excluding carboxylic acids is 1. The van der Waals surface area contributed by atoms with E-state index in [2.05, 4.69) is 4.74 Å². The van der Waals surface area contributed by atoms with Crippen LogP contribution >= 0.6 is 0 Å². The van der Waals surface area contributed by atoms with Crippen molar-refractivity contribution in [3.63, 3.8) is 0 Å². The summed E-state index contributed by atoms with van der Waals surface area (Å²) in [7, 11) is -3.20. The van der Waals surface area contributed by atoms with Crippen molar-refractivity contribution in [2.24, 2.45) is 0 Å². The molecular formula is C9H11N3O6S. The maximum absolute atomic E-state index is 11.4. The minimum absolute atomic E-state index is 0.0681. The molecule has 0 radical (unpaired) electrons. The second-order valence-corrected chi connectivity index (χ2v) is 4.72. The second-order valence-electron chi connectivity index (χ2n) is 3.31. The molecule has 0 atom stereocenters. The molecule has 0 aliphatic rings. The second kappa shape index (κ2) is 5.44. The molecule has 19 heavy (non-hydrogen) atoms. The minimum Gasteiger partial charge on any atom is -0.478 e. The third-order valence-corrected chi connectivity index (χ3v) is 2.87. The molecule has 0 bridgehead atoms. The van der Waals surface area contributed by atoms with Gasteiger partial charge in [0.2, 0.25) is 0 Å². The van der Waals surface area contributed by atoms with Gasteiger partial charge in [-0.15, -0.1) is 0 Å². The molecule has 0 saturated carbocycles. The Morgan fingerprint density at radius 1 is 1.37 bits per heavy atom. The van der Waals surface area contributed by atoms with Crippen LogP contribution in [-0.4, -0.2) is 32.7 Å². The number of benzene rings is 1. The SMILES string of the molecule is COC(=O)NS(=O)(=O)Nc1ccc(C(=O)O)cc1N. The number of amides is 1. The number of anilines is 2. The van der Waals surface area contributed by atoms with Gasteiger partial charge in [-0.2, -0.15) is 8.42 Å². The van der Waals surface area contributed by atoms with Crippen LogP contribution < -0.4 is 15.2 Å². The van der Waals surface area contributed by atoms with Crippen LogP contribution in [0.3, 0.4) is 0 Å². The summed E-state index contributed by atoms with van der Waals surface area (Å²) in [5.74, 6) is -1.20. The predicted octanol–water partition coefficient (Wildman–Crippen LogP) is -0.0203. The maximum atomic E-state index is 11.4.